The third kappa shape index (κ3) is 5.97. The summed E-state index contributed by atoms with van der Waals surface area (Å²) in [4.78, 5) is 12.5. The van der Waals surface area contributed by atoms with Crippen molar-refractivity contribution in [3.63, 3.8) is 0 Å². The van der Waals surface area contributed by atoms with E-state index in [0.717, 1.165) is 12.0 Å². The van der Waals surface area contributed by atoms with Gasteiger partial charge >= 0.3 is 0 Å². The lowest BCUT2D eigenvalue weighted by Crippen LogP contribution is -2.13. The van der Waals surface area contributed by atoms with Gasteiger partial charge in [0.05, 0.1) is 0 Å². The van der Waals surface area contributed by atoms with Gasteiger partial charge in [0, 0.05) is 10.7 Å². The van der Waals surface area contributed by atoms with Gasteiger partial charge in [-0.1, -0.05) is 54.9 Å². The van der Waals surface area contributed by atoms with Crippen LogP contribution in [0.5, 0.6) is 5.75 Å². The number of carbonyl (C=O) groups is 1. The number of hydrogen-bond acceptors (Lipinski definition) is 3. The maximum atomic E-state index is 12.5. The Kier molecular flexibility index (Phi) is 7.26. The van der Waals surface area contributed by atoms with Crippen LogP contribution in [0.1, 0.15) is 23.6 Å². The van der Waals surface area contributed by atoms with Crippen LogP contribution in [0.25, 0.3) is 6.08 Å². The fourth-order valence-corrected chi connectivity index (χ4v) is 3.04. The van der Waals surface area contributed by atoms with Crippen molar-refractivity contribution in [1.29, 1.82) is 5.26 Å². The molecule has 1 N–H and O–H groups in total. The smallest absolute Gasteiger partial charge is 0.266 e. The lowest BCUT2D eigenvalue weighted by Gasteiger charge is -2.08. The Balaban J connectivity index is 1.69. The first-order valence-corrected chi connectivity index (χ1v) is 9.94. The van der Waals surface area contributed by atoms with Gasteiger partial charge in [0.15, 0.2) is 0 Å². The summed E-state index contributed by atoms with van der Waals surface area (Å²) in [6.45, 7) is 2.43. The zero-order valence-corrected chi connectivity index (χ0v) is 17.3. The number of benzene rings is 3. The molecule has 0 radical (unpaired) electrons. The van der Waals surface area contributed by atoms with E-state index in [2.05, 4.69) is 12.2 Å². The van der Waals surface area contributed by atoms with Crippen LogP contribution in [0.15, 0.2) is 78.4 Å². The highest BCUT2D eigenvalue weighted by Gasteiger charge is 2.10. The predicted molar refractivity (Wildman–Crippen MR) is 120 cm³/mol. The zero-order chi connectivity index (χ0) is 21.3. The number of nitrogens with zero attached hydrogens (tertiary/aromatic N) is 1. The van der Waals surface area contributed by atoms with Gasteiger partial charge < -0.3 is 10.1 Å². The number of rotatable bonds is 7. The molecule has 0 atom stereocenters. The molecule has 0 aliphatic heterocycles. The fourth-order valence-electron chi connectivity index (χ4n) is 2.83. The van der Waals surface area contributed by atoms with Crippen LogP contribution in [0.4, 0.5) is 5.69 Å². The Morgan fingerprint density at radius 1 is 1.07 bits per heavy atom. The zero-order valence-electron chi connectivity index (χ0n) is 16.6. The molecule has 150 valence electrons. The number of nitriles is 1. The number of hydrogen-bond donors (Lipinski definition) is 1. The molecule has 0 unspecified atom stereocenters. The summed E-state index contributed by atoms with van der Waals surface area (Å²) in [6, 6.07) is 24.2. The van der Waals surface area contributed by atoms with E-state index in [9.17, 15) is 10.1 Å². The van der Waals surface area contributed by atoms with Crippen LogP contribution in [0.2, 0.25) is 5.02 Å². The average Bonchev–Trinajstić information content (AvgIpc) is 2.77. The number of halogens is 1. The normalized spacial score (nSPS) is 10.9. The van der Waals surface area contributed by atoms with Crippen molar-refractivity contribution >= 4 is 29.3 Å². The summed E-state index contributed by atoms with van der Waals surface area (Å²) in [5, 5.41) is 12.9. The molecule has 4 nitrogen and oxygen atoms in total. The first kappa shape index (κ1) is 21.2. The number of carbonyl (C=O) groups excluding carboxylic acids is 1. The first-order chi connectivity index (χ1) is 14.6. The number of amides is 1. The van der Waals surface area contributed by atoms with E-state index in [1.165, 1.54) is 5.56 Å². The molecule has 3 rings (SSSR count). The van der Waals surface area contributed by atoms with Crippen molar-refractivity contribution < 1.29 is 9.53 Å². The lowest BCUT2D eigenvalue weighted by atomic mass is 10.1. The van der Waals surface area contributed by atoms with Gasteiger partial charge in [-0.05, 0) is 65.6 Å². The Hall–Kier alpha value is -3.55. The topological polar surface area (TPSA) is 62.1 Å². The molecule has 1 amide bonds. The third-order valence-corrected chi connectivity index (χ3v) is 4.68. The molecule has 3 aromatic carbocycles. The molecule has 0 aromatic heterocycles. The van der Waals surface area contributed by atoms with E-state index in [4.69, 9.17) is 16.3 Å². The van der Waals surface area contributed by atoms with Crippen LogP contribution < -0.4 is 10.1 Å². The Labute approximate surface area is 181 Å². The minimum absolute atomic E-state index is 0.0153. The van der Waals surface area contributed by atoms with E-state index >= 15 is 0 Å². The molecule has 0 heterocycles. The average molecular weight is 417 g/mol. The molecule has 0 aliphatic rings. The summed E-state index contributed by atoms with van der Waals surface area (Å²) in [5.41, 5.74) is 3.50. The SMILES string of the molecule is CCc1ccc(NC(=O)/C(C#N)=C\c2cccc(OCc3cccc(Cl)c3)c2)cc1. The molecular formula is C25H21ClN2O2. The number of aryl methyl sites for hydroxylation is 1. The minimum atomic E-state index is -0.452. The highest BCUT2D eigenvalue weighted by atomic mass is 35.5. The number of anilines is 1. The van der Waals surface area contributed by atoms with Gasteiger partial charge in [-0.25, -0.2) is 0 Å². The molecule has 0 aliphatic carbocycles. The van der Waals surface area contributed by atoms with Crippen molar-refractivity contribution in [2.45, 2.75) is 20.0 Å². The Morgan fingerprint density at radius 3 is 2.53 bits per heavy atom. The van der Waals surface area contributed by atoms with Gasteiger partial charge in [-0.3, -0.25) is 4.79 Å². The van der Waals surface area contributed by atoms with Crippen molar-refractivity contribution in [1.82, 2.24) is 0 Å². The van der Waals surface area contributed by atoms with E-state index in [-0.39, 0.29) is 5.57 Å². The Morgan fingerprint density at radius 2 is 1.83 bits per heavy atom. The molecule has 30 heavy (non-hydrogen) atoms. The molecule has 0 saturated carbocycles. The molecule has 0 fully saturated rings. The van der Waals surface area contributed by atoms with Gasteiger partial charge in [-0.2, -0.15) is 5.26 Å². The number of nitrogens with one attached hydrogen (secondary N) is 1. The van der Waals surface area contributed by atoms with Gasteiger partial charge in [0.25, 0.3) is 5.91 Å². The van der Waals surface area contributed by atoms with Crippen molar-refractivity contribution in [2.75, 3.05) is 5.32 Å². The third-order valence-electron chi connectivity index (χ3n) is 4.45. The van der Waals surface area contributed by atoms with Crippen molar-refractivity contribution in [3.05, 3.63) is 100 Å². The maximum Gasteiger partial charge on any atom is 0.266 e. The summed E-state index contributed by atoms with van der Waals surface area (Å²) in [7, 11) is 0. The van der Waals surface area contributed by atoms with Crippen LogP contribution in [-0.2, 0) is 17.8 Å². The first-order valence-electron chi connectivity index (χ1n) is 9.57. The largest absolute Gasteiger partial charge is 0.489 e. The van der Waals surface area contributed by atoms with E-state index in [0.29, 0.717) is 28.6 Å². The lowest BCUT2D eigenvalue weighted by molar-refractivity contribution is -0.112. The standard InChI is InChI=1S/C25H21ClN2O2/c1-2-18-9-11-23(12-10-18)28-25(29)21(16-27)13-19-5-4-8-24(15-19)30-17-20-6-3-7-22(26)14-20/h3-15H,2,17H2,1H3,(H,28,29)/b21-13-. The van der Waals surface area contributed by atoms with Crippen LogP contribution >= 0.6 is 11.6 Å². The molecular weight excluding hydrogens is 396 g/mol. The highest BCUT2D eigenvalue weighted by Crippen LogP contribution is 2.19. The minimum Gasteiger partial charge on any atom is -0.489 e. The monoisotopic (exact) mass is 416 g/mol. The fraction of sp³-hybridized carbons (Fsp3) is 0.120. The molecule has 0 spiro atoms. The predicted octanol–water partition coefficient (Wildman–Crippen LogP) is 6.03. The van der Waals surface area contributed by atoms with E-state index < -0.39 is 5.91 Å². The summed E-state index contributed by atoms with van der Waals surface area (Å²) in [6.07, 6.45) is 2.47. The molecule has 5 heteroatoms. The van der Waals surface area contributed by atoms with E-state index in [1.54, 1.807) is 12.1 Å². The van der Waals surface area contributed by atoms with Gasteiger partial charge in [0.2, 0.25) is 0 Å². The molecule has 3 aromatic rings. The van der Waals surface area contributed by atoms with Crippen molar-refractivity contribution in [2.24, 2.45) is 0 Å². The summed E-state index contributed by atoms with van der Waals surface area (Å²) >= 11 is 6.00. The van der Waals surface area contributed by atoms with E-state index in [1.807, 2.05) is 72.8 Å². The molecule has 0 bridgehead atoms. The van der Waals surface area contributed by atoms with Crippen molar-refractivity contribution in [3.8, 4) is 11.8 Å². The summed E-state index contributed by atoms with van der Waals surface area (Å²) in [5.74, 6) is 0.184. The number of ether oxygens (including phenoxy) is 1. The van der Waals surface area contributed by atoms with Gasteiger partial charge in [-0.15, -0.1) is 0 Å². The van der Waals surface area contributed by atoms with Crippen LogP contribution in [0.3, 0.4) is 0 Å². The highest BCUT2D eigenvalue weighted by molar-refractivity contribution is 6.30. The quantitative estimate of drug-likeness (QED) is 0.378. The second-order valence-electron chi connectivity index (χ2n) is 6.67. The summed E-state index contributed by atoms with van der Waals surface area (Å²) < 4.78 is 5.81. The Bertz CT molecular complexity index is 1100. The molecule has 0 saturated heterocycles. The second kappa shape index (κ2) is 10.3. The maximum absolute atomic E-state index is 12.5. The second-order valence-corrected chi connectivity index (χ2v) is 7.10. The van der Waals surface area contributed by atoms with Crippen LogP contribution in [-0.4, -0.2) is 5.91 Å². The van der Waals surface area contributed by atoms with Gasteiger partial charge in [0.1, 0.15) is 24.0 Å². The van der Waals surface area contributed by atoms with Crippen LogP contribution in [0, 0.1) is 11.3 Å².